The Balaban J connectivity index is 1.67. The van der Waals surface area contributed by atoms with Crippen molar-refractivity contribution in [3.63, 3.8) is 0 Å². The smallest absolute Gasteiger partial charge is 0.220 e. The van der Waals surface area contributed by atoms with Gasteiger partial charge in [0.05, 0.1) is 6.04 Å². The van der Waals surface area contributed by atoms with Crippen LogP contribution >= 0.6 is 0 Å². The van der Waals surface area contributed by atoms with E-state index in [0.29, 0.717) is 11.8 Å². The van der Waals surface area contributed by atoms with E-state index in [0.717, 1.165) is 32.4 Å². The maximum Gasteiger partial charge on any atom is 0.220 e. The van der Waals surface area contributed by atoms with Gasteiger partial charge in [0.1, 0.15) is 0 Å². The largest absolute Gasteiger partial charge is 0.356 e. The summed E-state index contributed by atoms with van der Waals surface area (Å²) in [7, 11) is 0. The number of hydrogen-bond donors (Lipinski definition) is 1. The standard InChI is InChI=1S/C25H39N3O/c1-18(2)16-27(17-19(3)4)14-9-8-12-24-25-22(13-15-28(24)20(5)29)21-10-6-7-11-23(21)26-25/h6-7,10-11,18-19,24,26H,8-9,12-17H2,1-5H3. The molecule has 2 aromatic rings. The monoisotopic (exact) mass is 397 g/mol. The fraction of sp³-hybridized carbons (Fsp3) is 0.640. The number of aromatic amines is 1. The third-order valence-electron chi connectivity index (χ3n) is 6.01. The molecule has 29 heavy (non-hydrogen) atoms. The van der Waals surface area contributed by atoms with Crippen LogP contribution in [-0.2, 0) is 11.2 Å². The Hall–Kier alpha value is -1.81. The van der Waals surface area contributed by atoms with E-state index in [1.165, 1.54) is 41.7 Å². The first kappa shape index (κ1) is 21.9. The van der Waals surface area contributed by atoms with Gasteiger partial charge >= 0.3 is 0 Å². The van der Waals surface area contributed by atoms with Crippen molar-refractivity contribution in [3.8, 4) is 0 Å². The Labute approximate surface area is 176 Å². The summed E-state index contributed by atoms with van der Waals surface area (Å²) in [5.74, 6) is 1.60. The molecule has 1 aromatic heterocycles. The van der Waals surface area contributed by atoms with Crippen LogP contribution in [0, 0.1) is 11.8 Å². The summed E-state index contributed by atoms with van der Waals surface area (Å²) in [6.45, 7) is 15.3. The van der Waals surface area contributed by atoms with Crippen molar-refractivity contribution < 1.29 is 4.79 Å². The number of unbranched alkanes of at least 4 members (excludes halogenated alkanes) is 1. The lowest BCUT2D eigenvalue weighted by Crippen LogP contribution is -2.38. The first-order valence-electron chi connectivity index (χ1n) is 11.5. The molecule has 0 spiro atoms. The van der Waals surface area contributed by atoms with Gasteiger partial charge in [-0.3, -0.25) is 4.79 Å². The van der Waals surface area contributed by atoms with E-state index < -0.39 is 0 Å². The predicted molar refractivity (Wildman–Crippen MR) is 122 cm³/mol. The third kappa shape index (κ3) is 5.42. The normalized spacial score (nSPS) is 17.0. The van der Waals surface area contributed by atoms with Crippen LogP contribution < -0.4 is 0 Å². The second-order valence-corrected chi connectivity index (χ2v) is 9.58. The topological polar surface area (TPSA) is 39.3 Å². The Morgan fingerprint density at radius 3 is 2.48 bits per heavy atom. The third-order valence-corrected chi connectivity index (χ3v) is 6.01. The average molecular weight is 398 g/mol. The highest BCUT2D eigenvalue weighted by atomic mass is 16.2. The lowest BCUT2D eigenvalue weighted by atomic mass is 9.93. The number of benzene rings is 1. The molecule has 1 unspecified atom stereocenters. The van der Waals surface area contributed by atoms with E-state index in [9.17, 15) is 4.79 Å². The SMILES string of the molecule is CC(=O)N1CCc2c([nH]c3ccccc23)C1CCCCN(CC(C)C)CC(C)C. The van der Waals surface area contributed by atoms with Crippen LogP contribution in [0.1, 0.15) is 71.2 Å². The van der Waals surface area contributed by atoms with Gasteiger partial charge in [0.25, 0.3) is 0 Å². The molecule has 1 atom stereocenters. The molecule has 1 aliphatic rings. The zero-order chi connectivity index (χ0) is 21.0. The van der Waals surface area contributed by atoms with Gasteiger partial charge in [-0.15, -0.1) is 0 Å². The van der Waals surface area contributed by atoms with Gasteiger partial charge in [-0.1, -0.05) is 45.9 Å². The number of para-hydroxylation sites is 1. The van der Waals surface area contributed by atoms with Crippen LogP contribution in [0.25, 0.3) is 10.9 Å². The lowest BCUT2D eigenvalue weighted by molar-refractivity contribution is -0.132. The Morgan fingerprint density at radius 1 is 1.14 bits per heavy atom. The molecule has 3 rings (SSSR count). The van der Waals surface area contributed by atoms with Gasteiger partial charge in [0.15, 0.2) is 0 Å². The van der Waals surface area contributed by atoms with E-state index in [1.807, 2.05) is 0 Å². The zero-order valence-electron chi connectivity index (χ0n) is 19.0. The molecule has 160 valence electrons. The maximum absolute atomic E-state index is 12.3. The van der Waals surface area contributed by atoms with E-state index in [1.54, 1.807) is 6.92 Å². The average Bonchev–Trinajstić information content (AvgIpc) is 3.03. The number of carbonyl (C=O) groups is 1. The fourth-order valence-electron chi connectivity index (χ4n) is 4.96. The van der Waals surface area contributed by atoms with E-state index >= 15 is 0 Å². The van der Waals surface area contributed by atoms with Crippen LogP contribution in [0.2, 0.25) is 0 Å². The highest BCUT2D eigenvalue weighted by molar-refractivity contribution is 5.86. The molecule has 1 aromatic carbocycles. The lowest BCUT2D eigenvalue weighted by Gasteiger charge is -2.35. The minimum Gasteiger partial charge on any atom is -0.356 e. The summed E-state index contributed by atoms with van der Waals surface area (Å²) < 4.78 is 0. The first-order chi connectivity index (χ1) is 13.9. The molecule has 1 amide bonds. The van der Waals surface area contributed by atoms with Crippen LogP contribution in [0.3, 0.4) is 0 Å². The maximum atomic E-state index is 12.3. The number of nitrogens with one attached hydrogen (secondary N) is 1. The Kier molecular flexibility index (Phi) is 7.39. The highest BCUT2D eigenvalue weighted by Gasteiger charge is 2.31. The van der Waals surface area contributed by atoms with Gasteiger partial charge in [-0.05, 0) is 55.7 Å². The summed E-state index contributed by atoms with van der Waals surface area (Å²) in [4.78, 5) is 20.7. The van der Waals surface area contributed by atoms with Crippen molar-refractivity contribution in [2.45, 2.75) is 66.3 Å². The van der Waals surface area contributed by atoms with Gasteiger partial charge in [0, 0.05) is 43.2 Å². The number of H-pyrrole nitrogens is 1. The molecule has 0 fully saturated rings. The molecular weight excluding hydrogens is 358 g/mol. The summed E-state index contributed by atoms with van der Waals surface area (Å²) in [6, 6.07) is 8.74. The molecular formula is C25H39N3O. The molecule has 4 heteroatoms. The zero-order valence-corrected chi connectivity index (χ0v) is 19.0. The van der Waals surface area contributed by atoms with Crippen molar-refractivity contribution >= 4 is 16.8 Å². The molecule has 4 nitrogen and oxygen atoms in total. The van der Waals surface area contributed by atoms with Crippen molar-refractivity contribution in [1.29, 1.82) is 0 Å². The predicted octanol–water partition coefficient (Wildman–Crippen LogP) is 5.40. The summed E-state index contributed by atoms with van der Waals surface area (Å²) in [5, 5.41) is 1.33. The minimum absolute atomic E-state index is 0.187. The fourth-order valence-corrected chi connectivity index (χ4v) is 4.96. The minimum atomic E-state index is 0.187. The van der Waals surface area contributed by atoms with Crippen molar-refractivity contribution in [1.82, 2.24) is 14.8 Å². The number of rotatable bonds is 9. The van der Waals surface area contributed by atoms with Gasteiger partial charge in [-0.2, -0.15) is 0 Å². The number of carbonyl (C=O) groups excluding carboxylic acids is 1. The van der Waals surface area contributed by atoms with Crippen LogP contribution in [0.4, 0.5) is 0 Å². The van der Waals surface area contributed by atoms with Gasteiger partial charge < -0.3 is 14.8 Å². The quantitative estimate of drug-likeness (QED) is 0.576. The molecule has 1 N–H and O–H groups in total. The van der Waals surface area contributed by atoms with Crippen molar-refractivity contribution in [2.75, 3.05) is 26.2 Å². The number of hydrogen-bond acceptors (Lipinski definition) is 2. The highest BCUT2D eigenvalue weighted by Crippen LogP contribution is 2.37. The molecule has 0 aliphatic carbocycles. The van der Waals surface area contributed by atoms with Gasteiger partial charge in [-0.25, -0.2) is 0 Å². The van der Waals surface area contributed by atoms with E-state index in [2.05, 4.69) is 66.7 Å². The van der Waals surface area contributed by atoms with Crippen LogP contribution in [0.15, 0.2) is 24.3 Å². The molecule has 0 bridgehead atoms. The molecule has 2 heterocycles. The van der Waals surface area contributed by atoms with E-state index in [-0.39, 0.29) is 11.9 Å². The molecule has 1 aliphatic heterocycles. The summed E-state index contributed by atoms with van der Waals surface area (Å²) in [6.07, 6.45) is 4.33. The van der Waals surface area contributed by atoms with Crippen LogP contribution in [0.5, 0.6) is 0 Å². The number of fused-ring (bicyclic) bond motifs is 3. The number of nitrogens with zero attached hydrogens (tertiary/aromatic N) is 2. The first-order valence-corrected chi connectivity index (χ1v) is 11.5. The molecule has 0 saturated carbocycles. The number of aromatic nitrogens is 1. The van der Waals surface area contributed by atoms with Gasteiger partial charge in [0.2, 0.25) is 5.91 Å². The Bertz CT molecular complexity index is 798. The summed E-state index contributed by atoms with van der Waals surface area (Å²) in [5.41, 5.74) is 3.89. The van der Waals surface area contributed by atoms with Crippen molar-refractivity contribution in [2.24, 2.45) is 11.8 Å². The van der Waals surface area contributed by atoms with E-state index in [4.69, 9.17) is 0 Å². The Morgan fingerprint density at radius 2 is 1.83 bits per heavy atom. The second kappa shape index (κ2) is 9.80. The van der Waals surface area contributed by atoms with Crippen molar-refractivity contribution in [3.05, 3.63) is 35.5 Å². The van der Waals surface area contributed by atoms with Crippen LogP contribution in [-0.4, -0.2) is 46.9 Å². The second-order valence-electron chi connectivity index (χ2n) is 9.58. The number of amides is 1. The molecule has 0 radical (unpaired) electrons. The summed E-state index contributed by atoms with van der Waals surface area (Å²) >= 11 is 0. The molecule has 0 saturated heterocycles.